The maximum Gasteiger partial charge on any atom is 0.115 e. The van der Waals surface area contributed by atoms with Crippen molar-refractivity contribution in [3.8, 4) is 5.75 Å². The zero-order valence-corrected chi connectivity index (χ0v) is 11.6. The maximum absolute atomic E-state index is 9.30. The molecule has 1 atom stereocenters. The van der Waals surface area contributed by atoms with E-state index in [1.54, 1.807) is 12.1 Å². The Morgan fingerprint density at radius 3 is 2.00 bits per heavy atom. The Balaban J connectivity index is 2.18. The summed E-state index contributed by atoms with van der Waals surface area (Å²) >= 11 is 0. The molecule has 0 radical (unpaired) electrons. The number of hydrogen-bond donors (Lipinski definition) is 2. The van der Waals surface area contributed by atoms with Gasteiger partial charge in [-0.15, -0.1) is 0 Å². The molecule has 0 spiro atoms. The van der Waals surface area contributed by atoms with Crippen LogP contribution in [0, 0.1) is 0 Å². The Hall–Kier alpha value is -1.80. The zero-order valence-electron chi connectivity index (χ0n) is 11.6. The number of aryl methyl sites for hydroxylation is 1. The van der Waals surface area contributed by atoms with Gasteiger partial charge in [0.15, 0.2) is 0 Å². The summed E-state index contributed by atoms with van der Waals surface area (Å²) in [6, 6.07) is 15.7. The third kappa shape index (κ3) is 3.36. The molecule has 0 aliphatic carbocycles. The second kappa shape index (κ2) is 5.45. The third-order valence-electron chi connectivity index (χ3n) is 3.53. The van der Waals surface area contributed by atoms with Crippen LogP contribution in [0.5, 0.6) is 5.75 Å². The van der Waals surface area contributed by atoms with Crippen LogP contribution in [0.2, 0.25) is 0 Å². The minimum absolute atomic E-state index is 0.287. The van der Waals surface area contributed by atoms with Gasteiger partial charge in [-0.2, -0.15) is 0 Å². The van der Waals surface area contributed by atoms with Crippen LogP contribution in [0.25, 0.3) is 0 Å². The van der Waals surface area contributed by atoms with Crippen molar-refractivity contribution in [2.45, 2.75) is 32.2 Å². The van der Waals surface area contributed by atoms with Crippen LogP contribution in [0.1, 0.15) is 30.5 Å². The molecule has 1 unspecified atom stereocenters. The first-order chi connectivity index (χ1) is 9.01. The fourth-order valence-electron chi connectivity index (χ4n) is 2.26. The molecule has 0 saturated heterocycles. The van der Waals surface area contributed by atoms with E-state index in [4.69, 9.17) is 5.73 Å². The number of phenolic OH excluding ortho intramolecular Hbond substituents is 1. The molecule has 2 heteroatoms. The second-order valence-corrected chi connectivity index (χ2v) is 5.31. The van der Waals surface area contributed by atoms with Crippen LogP contribution >= 0.6 is 0 Å². The number of phenols is 1. The molecule has 2 aromatic carbocycles. The predicted molar refractivity (Wildman–Crippen MR) is 79.2 cm³/mol. The number of aromatic hydroxyl groups is 1. The largest absolute Gasteiger partial charge is 0.508 e. The van der Waals surface area contributed by atoms with Crippen molar-refractivity contribution in [1.29, 1.82) is 0 Å². The predicted octanol–water partition coefficient (Wildman–Crippen LogP) is 3.37. The van der Waals surface area contributed by atoms with Crippen molar-refractivity contribution >= 4 is 0 Å². The quantitative estimate of drug-likeness (QED) is 0.880. The molecule has 2 nitrogen and oxygen atoms in total. The summed E-state index contributed by atoms with van der Waals surface area (Å²) in [7, 11) is 0. The van der Waals surface area contributed by atoms with E-state index in [-0.39, 0.29) is 5.75 Å². The van der Waals surface area contributed by atoms with Crippen LogP contribution < -0.4 is 5.73 Å². The highest BCUT2D eigenvalue weighted by Gasteiger charge is 2.21. The van der Waals surface area contributed by atoms with E-state index in [1.807, 2.05) is 19.1 Å². The fourth-order valence-corrected chi connectivity index (χ4v) is 2.26. The molecule has 0 amide bonds. The Morgan fingerprint density at radius 1 is 0.947 bits per heavy atom. The summed E-state index contributed by atoms with van der Waals surface area (Å²) in [5, 5.41) is 9.30. The average Bonchev–Trinajstić information content (AvgIpc) is 2.41. The van der Waals surface area contributed by atoms with Crippen molar-refractivity contribution in [2.24, 2.45) is 5.73 Å². The Kier molecular flexibility index (Phi) is 3.91. The van der Waals surface area contributed by atoms with Gasteiger partial charge in [0.25, 0.3) is 0 Å². The highest BCUT2D eigenvalue weighted by Crippen LogP contribution is 2.24. The summed E-state index contributed by atoms with van der Waals surface area (Å²) in [6.45, 7) is 4.19. The highest BCUT2D eigenvalue weighted by molar-refractivity contribution is 5.32. The summed E-state index contributed by atoms with van der Waals surface area (Å²) in [5.74, 6) is 0.287. The number of benzene rings is 2. The molecule has 100 valence electrons. The van der Waals surface area contributed by atoms with Gasteiger partial charge in [0.05, 0.1) is 0 Å². The lowest BCUT2D eigenvalue weighted by molar-refractivity contribution is 0.472. The zero-order chi connectivity index (χ0) is 13.9. The van der Waals surface area contributed by atoms with E-state index in [0.717, 1.165) is 24.0 Å². The molecule has 0 aliphatic rings. The molecule has 0 aromatic heterocycles. The van der Waals surface area contributed by atoms with Crippen molar-refractivity contribution in [1.82, 2.24) is 0 Å². The van der Waals surface area contributed by atoms with Gasteiger partial charge in [-0.3, -0.25) is 0 Å². The molecule has 19 heavy (non-hydrogen) atoms. The van der Waals surface area contributed by atoms with Gasteiger partial charge in [-0.1, -0.05) is 43.3 Å². The van der Waals surface area contributed by atoms with Gasteiger partial charge in [0, 0.05) is 5.54 Å². The van der Waals surface area contributed by atoms with Crippen LogP contribution in [0.4, 0.5) is 0 Å². The van der Waals surface area contributed by atoms with Crippen LogP contribution in [-0.4, -0.2) is 5.11 Å². The molecular weight excluding hydrogens is 234 g/mol. The van der Waals surface area contributed by atoms with E-state index in [0.29, 0.717) is 0 Å². The molecule has 0 saturated carbocycles. The second-order valence-electron chi connectivity index (χ2n) is 5.31. The van der Waals surface area contributed by atoms with E-state index < -0.39 is 5.54 Å². The first-order valence-electron chi connectivity index (χ1n) is 6.67. The molecule has 0 heterocycles. The number of rotatable bonds is 4. The topological polar surface area (TPSA) is 46.2 Å². The van der Waals surface area contributed by atoms with E-state index >= 15 is 0 Å². The summed E-state index contributed by atoms with van der Waals surface area (Å²) in [6.07, 6.45) is 1.79. The fraction of sp³-hybridized carbons (Fsp3) is 0.294. The van der Waals surface area contributed by atoms with Crippen molar-refractivity contribution < 1.29 is 5.11 Å². The van der Waals surface area contributed by atoms with E-state index in [2.05, 4.69) is 31.2 Å². The molecule has 2 aromatic rings. The lowest BCUT2D eigenvalue weighted by Crippen LogP contribution is -2.35. The Morgan fingerprint density at radius 2 is 1.47 bits per heavy atom. The maximum atomic E-state index is 9.30. The van der Waals surface area contributed by atoms with Gasteiger partial charge in [-0.25, -0.2) is 0 Å². The van der Waals surface area contributed by atoms with Crippen molar-refractivity contribution in [3.63, 3.8) is 0 Å². The minimum atomic E-state index is -0.400. The van der Waals surface area contributed by atoms with Gasteiger partial charge in [0.1, 0.15) is 5.75 Å². The normalized spacial score (nSPS) is 14.1. The summed E-state index contributed by atoms with van der Waals surface area (Å²) in [4.78, 5) is 0. The van der Waals surface area contributed by atoms with Crippen LogP contribution in [-0.2, 0) is 18.4 Å². The smallest absolute Gasteiger partial charge is 0.115 e. The van der Waals surface area contributed by atoms with Crippen LogP contribution in [0.15, 0.2) is 48.5 Å². The SMILES string of the molecule is CCc1ccc(C(C)(N)Cc2ccc(O)cc2)cc1. The third-order valence-corrected chi connectivity index (χ3v) is 3.53. The van der Waals surface area contributed by atoms with E-state index in [9.17, 15) is 5.11 Å². The van der Waals surface area contributed by atoms with Gasteiger partial charge >= 0.3 is 0 Å². The highest BCUT2D eigenvalue weighted by atomic mass is 16.3. The summed E-state index contributed by atoms with van der Waals surface area (Å²) < 4.78 is 0. The molecule has 3 N–H and O–H groups in total. The van der Waals surface area contributed by atoms with Gasteiger partial charge in [0.2, 0.25) is 0 Å². The van der Waals surface area contributed by atoms with Gasteiger partial charge in [-0.05, 0) is 48.6 Å². The molecule has 0 fully saturated rings. The Labute approximate surface area is 114 Å². The van der Waals surface area contributed by atoms with E-state index in [1.165, 1.54) is 5.56 Å². The summed E-state index contributed by atoms with van der Waals surface area (Å²) in [5.41, 5.74) is 9.62. The van der Waals surface area contributed by atoms with Crippen LogP contribution in [0.3, 0.4) is 0 Å². The lowest BCUT2D eigenvalue weighted by Gasteiger charge is -2.25. The first-order valence-corrected chi connectivity index (χ1v) is 6.67. The molecule has 0 bridgehead atoms. The standard InChI is InChI=1S/C17H21NO/c1-3-13-4-8-15(9-5-13)17(2,18)12-14-6-10-16(19)11-7-14/h4-11,19H,3,12,18H2,1-2H3. The molecule has 2 rings (SSSR count). The average molecular weight is 255 g/mol. The van der Waals surface area contributed by atoms with Gasteiger partial charge < -0.3 is 10.8 Å². The minimum Gasteiger partial charge on any atom is -0.508 e. The first kappa shape index (κ1) is 13.6. The monoisotopic (exact) mass is 255 g/mol. The number of hydrogen-bond acceptors (Lipinski definition) is 2. The lowest BCUT2D eigenvalue weighted by atomic mass is 9.86. The molecular formula is C17H21NO. The Bertz CT molecular complexity index is 526. The van der Waals surface area contributed by atoms with Crippen molar-refractivity contribution in [3.05, 3.63) is 65.2 Å². The van der Waals surface area contributed by atoms with Crippen molar-refractivity contribution in [2.75, 3.05) is 0 Å². The number of nitrogens with two attached hydrogens (primary N) is 1. The molecule has 0 aliphatic heterocycles.